The highest BCUT2D eigenvalue weighted by Gasteiger charge is 2.43. The lowest BCUT2D eigenvalue weighted by molar-refractivity contribution is -0.688. The van der Waals surface area contributed by atoms with E-state index in [1.165, 1.54) is 44.8 Å². The van der Waals surface area contributed by atoms with Gasteiger partial charge in [-0.3, -0.25) is 0 Å². The summed E-state index contributed by atoms with van der Waals surface area (Å²) in [5.41, 5.74) is 8.12. The number of hydrogen-bond acceptors (Lipinski definition) is 0. The molecule has 2 aliphatic heterocycles. The van der Waals surface area contributed by atoms with E-state index in [2.05, 4.69) is 91.1 Å². The van der Waals surface area contributed by atoms with E-state index in [1.54, 1.807) is 0 Å². The van der Waals surface area contributed by atoms with Crippen LogP contribution in [-0.2, 0) is 26.2 Å². The zero-order valence-corrected chi connectivity index (χ0v) is 19.5. The molecular weight excluding hydrogens is 504 g/mol. The van der Waals surface area contributed by atoms with E-state index in [4.69, 9.17) is 0 Å². The van der Waals surface area contributed by atoms with Gasteiger partial charge in [0.1, 0.15) is 26.2 Å². The van der Waals surface area contributed by atoms with Crippen LogP contribution >= 0.6 is 0 Å². The first kappa shape index (κ1) is 19.5. The van der Waals surface area contributed by atoms with Crippen LogP contribution in [0.25, 0.3) is 33.7 Å². The van der Waals surface area contributed by atoms with E-state index < -0.39 is 0 Å². The van der Waals surface area contributed by atoms with Crippen molar-refractivity contribution in [2.75, 3.05) is 0 Å². The van der Waals surface area contributed by atoms with Gasteiger partial charge in [-0.15, -0.1) is 0 Å². The predicted octanol–water partition coefficient (Wildman–Crippen LogP) is -2.73. The summed E-state index contributed by atoms with van der Waals surface area (Å²) in [5.74, 6) is 2.66. The van der Waals surface area contributed by atoms with Crippen molar-refractivity contribution >= 4 is 22.1 Å². The number of halogens is 2. The third kappa shape index (κ3) is 2.44. The van der Waals surface area contributed by atoms with Crippen molar-refractivity contribution in [2.45, 2.75) is 26.2 Å². The summed E-state index contributed by atoms with van der Waals surface area (Å²) in [4.78, 5) is 0. The van der Waals surface area contributed by atoms with Gasteiger partial charge in [-0.05, 0) is 24.3 Å². The normalized spacial score (nSPS) is 13.6. The molecule has 0 saturated carbocycles. The summed E-state index contributed by atoms with van der Waals surface area (Å²) in [6.45, 7) is 3.85. The summed E-state index contributed by atoms with van der Waals surface area (Å²) < 4.78 is 10.1. The van der Waals surface area contributed by atoms with Gasteiger partial charge >= 0.3 is 11.6 Å². The van der Waals surface area contributed by atoms with Gasteiger partial charge in [0, 0.05) is 11.1 Å². The zero-order valence-electron chi connectivity index (χ0n) is 16.3. The molecule has 4 heterocycles. The SMILES string of the molecule is [Br-].[Br-].c1ccc2c(c1)C[n+]1c3n(c4ccccc41)CCn1c-3[n+](c3ccccc31)C2. The van der Waals surface area contributed by atoms with Crippen LogP contribution in [0, 0.1) is 0 Å². The minimum absolute atomic E-state index is 0. The Morgan fingerprint density at radius 3 is 1.40 bits per heavy atom. The molecule has 0 spiro atoms. The van der Waals surface area contributed by atoms with Crippen molar-refractivity contribution in [3.05, 3.63) is 83.9 Å². The molecule has 4 nitrogen and oxygen atoms in total. The number of fused-ring (bicyclic) bond motifs is 7. The van der Waals surface area contributed by atoms with Crippen LogP contribution in [0.1, 0.15) is 11.1 Å². The monoisotopic (exact) mass is 522 g/mol. The molecular formula is C24H20Br2N4. The van der Waals surface area contributed by atoms with Crippen molar-refractivity contribution in [1.82, 2.24) is 9.13 Å². The standard InChI is InChI=1S/C24H20N4.2BrH/c1-2-8-18-16-28-22-12-6-4-10-20(22)26-14-13-25-19-9-3-5-11-21(19)27(15-17(18)7-1)23(25)24(26)28;;/h1-12H,13-16H2;2*1H/q+2;;/p-2. The Balaban J connectivity index is 0.000000963. The molecule has 2 aromatic heterocycles. The molecule has 0 bridgehead atoms. The Morgan fingerprint density at radius 1 is 0.533 bits per heavy atom. The van der Waals surface area contributed by atoms with Gasteiger partial charge in [-0.1, -0.05) is 48.5 Å². The summed E-state index contributed by atoms with van der Waals surface area (Å²) >= 11 is 0. The maximum absolute atomic E-state index is 2.52. The van der Waals surface area contributed by atoms with Gasteiger partial charge in [-0.2, -0.15) is 0 Å². The maximum Gasteiger partial charge on any atom is 0.374 e. The summed E-state index contributed by atoms with van der Waals surface area (Å²) in [5, 5.41) is 0. The number of nitrogens with zero attached hydrogens (tertiary/aromatic N) is 4. The van der Waals surface area contributed by atoms with Crippen molar-refractivity contribution in [1.29, 1.82) is 0 Å². The topological polar surface area (TPSA) is 17.6 Å². The van der Waals surface area contributed by atoms with E-state index in [-0.39, 0.29) is 34.0 Å². The van der Waals surface area contributed by atoms with E-state index in [1.807, 2.05) is 0 Å². The number of benzene rings is 3. The van der Waals surface area contributed by atoms with Gasteiger partial charge in [-0.25, -0.2) is 18.3 Å². The third-order valence-electron chi connectivity index (χ3n) is 6.47. The highest BCUT2D eigenvalue weighted by atomic mass is 79.9. The molecule has 0 N–H and O–H groups in total. The summed E-state index contributed by atoms with van der Waals surface area (Å²) in [7, 11) is 0. The highest BCUT2D eigenvalue weighted by molar-refractivity contribution is 5.79. The second kappa shape index (κ2) is 7.06. The van der Waals surface area contributed by atoms with Crippen LogP contribution in [0.4, 0.5) is 0 Å². The van der Waals surface area contributed by atoms with Crippen molar-refractivity contribution in [3.8, 4) is 11.6 Å². The van der Waals surface area contributed by atoms with Crippen LogP contribution in [0.3, 0.4) is 0 Å². The fraction of sp³-hybridized carbons (Fsp3) is 0.167. The van der Waals surface area contributed by atoms with Gasteiger partial charge < -0.3 is 34.0 Å². The van der Waals surface area contributed by atoms with Crippen LogP contribution in [0.15, 0.2) is 72.8 Å². The third-order valence-corrected chi connectivity index (χ3v) is 6.47. The quantitative estimate of drug-likeness (QED) is 0.192. The van der Waals surface area contributed by atoms with Crippen LogP contribution in [-0.4, -0.2) is 9.13 Å². The molecule has 0 radical (unpaired) electrons. The Hall–Kier alpha value is -2.44. The number of aromatic nitrogens is 4. The number of imidazole rings is 2. The molecule has 0 amide bonds. The maximum atomic E-state index is 2.52. The molecule has 0 unspecified atom stereocenters. The van der Waals surface area contributed by atoms with E-state index in [0.29, 0.717) is 0 Å². The molecule has 150 valence electrons. The van der Waals surface area contributed by atoms with E-state index in [0.717, 1.165) is 26.2 Å². The molecule has 2 aliphatic rings. The Kier molecular flexibility index (Phi) is 4.60. The average Bonchev–Trinajstić information content (AvgIpc) is 3.22. The molecule has 7 rings (SSSR count). The Bertz CT molecular complexity index is 1320. The van der Waals surface area contributed by atoms with Gasteiger partial charge in [0.2, 0.25) is 0 Å². The molecule has 5 aromatic rings. The van der Waals surface area contributed by atoms with Crippen molar-refractivity contribution in [3.63, 3.8) is 0 Å². The molecule has 30 heavy (non-hydrogen) atoms. The molecule has 0 atom stereocenters. The largest absolute Gasteiger partial charge is 1.00 e. The lowest BCUT2D eigenvalue weighted by Crippen LogP contribution is -3.00. The first-order valence-corrected chi connectivity index (χ1v) is 9.99. The van der Waals surface area contributed by atoms with Crippen LogP contribution in [0.5, 0.6) is 0 Å². The number of rotatable bonds is 0. The number of para-hydroxylation sites is 4. The van der Waals surface area contributed by atoms with Crippen molar-refractivity contribution in [2.24, 2.45) is 0 Å². The van der Waals surface area contributed by atoms with Crippen LogP contribution in [0.2, 0.25) is 0 Å². The van der Waals surface area contributed by atoms with Crippen molar-refractivity contribution < 1.29 is 43.1 Å². The fourth-order valence-electron chi connectivity index (χ4n) is 5.25. The van der Waals surface area contributed by atoms with Gasteiger partial charge in [0.25, 0.3) is 0 Å². The molecule has 6 heteroatoms. The lowest BCUT2D eigenvalue weighted by atomic mass is 10.1. The minimum Gasteiger partial charge on any atom is -1.00 e. The summed E-state index contributed by atoms with van der Waals surface area (Å²) in [6.07, 6.45) is 0. The first-order valence-electron chi connectivity index (χ1n) is 9.99. The predicted molar refractivity (Wildman–Crippen MR) is 108 cm³/mol. The highest BCUT2D eigenvalue weighted by Crippen LogP contribution is 2.31. The second-order valence-electron chi connectivity index (χ2n) is 7.87. The zero-order chi connectivity index (χ0) is 18.2. The summed E-state index contributed by atoms with van der Waals surface area (Å²) in [6, 6.07) is 26.6. The molecule has 0 saturated heterocycles. The van der Waals surface area contributed by atoms with E-state index >= 15 is 0 Å². The Labute approximate surface area is 195 Å². The van der Waals surface area contributed by atoms with Crippen LogP contribution < -0.4 is 43.1 Å². The Morgan fingerprint density at radius 2 is 0.933 bits per heavy atom. The van der Waals surface area contributed by atoms with Gasteiger partial charge in [0.05, 0.1) is 0 Å². The molecule has 3 aromatic carbocycles. The number of aryl methyl sites for hydroxylation is 2. The van der Waals surface area contributed by atoms with E-state index in [9.17, 15) is 0 Å². The molecule has 0 fully saturated rings. The first-order chi connectivity index (χ1) is 13.9. The second-order valence-corrected chi connectivity index (χ2v) is 7.87. The minimum atomic E-state index is 0. The molecule has 0 aliphatic carbocycles. The fourth-order valence-corrected chi connectivity index (χ4v) is 5.25. The van der Waals surface area contributed by atoms with Gasteiger partial charge in [0.15, 0.2) is 22.1 Å². The average molecular weight is 524 g/mol. The number of hydrogen-bond donors (Lipinski definition) is 0. The smallest absolute Gasteiger partial charge is 0.374 e. The lowest BCUT2D eigenvalue weighted by Gasteiger charge is -2.15.